The third kappa shape index (κ3) is 2.41. The SMILES string of the molecule is Cc1cn(CCN2CCOCC2)c2ncnc(N)c12. The molecule has 0 unspecified atom stereocenters. The number of aromatic nitrogens is 3. The predicted octanol–water partition coefficient (Wildman–Crippen LogP) is 0.654. The van der Waals surface area contributed by atoms with Gasteiger partial charge in [-0.05, 0) is 12.5 Å². The first-order valence-electron chi connectivity index (χ1n) is 6.62. The van der Waals surface area contributed by atoms with Crippen molar-refractivity contribution in [3.8, 4) is 0 Å². The van der Waals surface area contributed by atoms with Crippen LogP contribution in [0.25, 0.3) is 11.0 Å². The molecule has 0 bridgehead atoms. The molecule has 0 aliphatic carbocycles. The molecule has 19 heavy (non-hydrogen) atoms. The van der Waals surface area contributed by atoms with Gasteiger partial charge in [0.2, 0.25) is 0 Å². The van der Waals surface area contributed by atoms with Gasteiger partial charge in [-0.2, -0.15) is 0 Å². The summed E-state index contributed by atoms with van der Waals surface area (Å²) in [6.07, 6.45) is 3.64. The fourth-order valence-electron chi connectivity index (χ4n) is 2.59. The Hall–Kier alpha value is -1.66. The molecule has 0 amide bonds. The highest BCUT2D eigenvalue weighted by atomic mass is 16.5. The van der Waals surface area contributed by atoms with Crippen molar-refractivity contribution in [2.45, 2.75) is 13.5 Å². The van der Waals surface area contributed by atoms with Gasteiger partial charge in [0.15, 0.2) is 0 Å². The molecule has 2 N–H and O–H groups in total. The maximum Gasteiger partial charge on any atom is 0.145 e. The van der Waals surface area contributed by atoms with Crippen LogP contribution in [0.2, 0.25) is 0 Å². The summed E-state index contributed by atoms with van der Waals surface area (Å²) in [4.78, 5) is 10.8. The molecule has 6 heteroatoms. The third-order valence-electron chi connectivity index (χ3n) is 3.63. The molecule has 1 saturated heterocycles. The smallest absolute Gasteiger partial charge is 0.145 e. The number of hydrogen-bond donors (Lipinski definition) is 1. The van der Waals surface area contributed by atoms with Crippen LogP contribution in [0.15, 0.2) is 12.5 Å². The highest BCUT2D eigenvalue weighted by Gasteiger charge is 2.13. The summed E-state index contributed by atoms with van der Waals surface area (Å²) >= 11 is 0. The van der Waals surface area contributed by atoms with Crippen LogP contribution in [0.1, 0.15) is 5.56 Å². The van der Waals surface area contributed by atoms with Crippen LogP contribution in [0.5, 0.6) is 0 Å². The molecule has 3 heterocycles. The second-order valence-corrected chi connectivity index (χ2v) is 4.92. The molecular weight excluding hydrogens is 242 g/mol. The highest BCUT2D eigenvalue weighted by Crippen LogP contribution is 2.22. The molecule has 1 aliphatic rings. The van der Waals surface area contributed by atoms with E-state index in [2.05, 4.69) is 25.6 Å². The summed E-state index contributed by atoms with van der Waals surface area (Å²) in [5.74, 6) is 0.563. The van der Waals surface area contributed by atoms with Crippen LogP contribution in [0.3, 0.4) is 0 Å². The molecule has 2 aromatic heterocycles. The van der Waals surface area contributed by atoms with Gasteiger partial charge in [0.05, 0.1) is 18.6 Å². The average Bonchev–Trinajstić information content (AvgIpc) is 2.76. The van der Waals surface area contributed by atoms with Crippen LogP contribution >= 0.6 is 0 Å². The van der Waals surface area contributed by atoms with E-state index in [0.29, 0.717) is 5.82 Å². The summed E-state index contributed by atoms with van der Waals surface area (Å²) < 4.78 is 7.52. The number of morpholine rings is 1. The number of aryl methyl sites for hydroxylation is 1. The van der Waals surface area contributed by atoms with Crippen molar-refractivity contribution in [1.82, 2.24) is 19.4 Å². The number of hydrogen-bond acceptors (Lipinski definition) is 5. The van der Waals surface area contributed by atoms with Gasteiger partial charge >= 0.3 is 0 Å². The fraction of sp³-hybridized carbons (Fsp3) is 0.538. The van der Waals surface area contributed by atoms with Crippen molar-refractivity contribution >= 4 is 16.9 Å². The number of nitrogens with zero attached hydrogens (tertiary/aromatic N) is 4. The minimum atomic E-state index is 0.563. The first-order chi connectivity index (χ1) is 9.25. The van der Waals surface area contributed by atoms with Crippen LogP contribution in [0, 0.1) is 6.92 Å². The molecular formula is C13H19N5O. The quantitative estimate of drug-likeness (QED) is 0.878. The molecule has 6 nitrogen and oxygen atoms in total. The lowest BCUT2D eigenvalue weighted by molar-refractivity contribution is 0.0365. The van der Waals surface area contributed by atoms with Gasteiger partial charge in [-0.3, -0.25) is 4.90 Å². The number of ether oxygens (including phenoxy) is 1. The Morgan fingerprint density at radius 1 is 1.26 bits per heavy atom. The first kappa shape index (κ1) is 12.4. The zero-order valence-electron chi connectivity index (χ0n) is 11.2. The molecule has 0 atom stereocenters. The predicted molar refractivity (Wildman–Crippen MR) is 73.9 cm³/mol. The third-order valence-corrected chi connectivity index (χ3v) is 3.63. The molecule has 0 aromatic carbocycles. The molecule has 1 fully saturated rings. The standard InChI is InChI=1S/C13H19N5O/c1-10-8-18(3-2-17-4-6-19-7-5-17)13-11(10)12(14)15-9-16-13/h8-9H,2-7H2,1H3,(H2,14,15,16). The van der Waals surface area contributed by atoms with Crippen molar-refractivity contribution in [2.24, 2.45) is 0 Å². The molecule has 0 radical (unpaired) electrons. The van der Waals surface area contributed by atoms with Crippen molar-refractivity contribution in [1.29, 1.82) is 0 Å². The van der Waals surface area contributed by atoms with Crippen molar-refractivity contribution in [2.75, 3.05) is 38.6 Å². The van der Waals surface area contributed by atoms with E-state index in [4.69, 9.17) is 10.5 Å². The lowest BCUT2D eigenvalue weighted by Gasteiger charge is -2.26. The van der Waals surface area contributed by atoms with Crippen molar-refractivity contribution in [3.63, 3.8) is 0 Å². The minimum absolute atomic E-state index is 0.563. The zero-order valence-corrected chi connectivity index (χ0v) is 11.2. The summed E-state index contributed by atoms with van der Waals surface area (Å²) in [6, 6.07) is 0. The molecule has 1 aliphatic heterocycles. The number of nitrogen functional groups attached to an aromatic ring is 1. The minimum Gasteiger partial charge on any atom is -0.383 e. The fourth-order valence-corrected chi connectivity index (χ4v) is 2.59. The lowest BCUT2D eigenvalue weighted by atomic mass is 10.2. The number of nitrogens with two attached hydrogens (primary N) is 1. The maximum absolute atomic E-state index is 5.92. The van der Waals surface area contributed by atoms with E-state index < -0.39 is 0 Å². The van der Waals surface area contributed by atoms with Gasteiger partial charge in [0, 0.05) is 32.4 Å². The van der Waals surface area contributed by atoms with Gasteiger partial charge in [-0.1, -0.05) is 0 Å². The van der Waals surface area contributed by atoms with E-state index in [1.807, 2.05) is 6.92 Å². The van der Waals surface area contributed by atoms with E-state index in [1.54, 1.807) is 0 Å². The Morgan fingerprint density at radius 2 is 2.05 bits per heavy atom. The monoisotopic (exact) mass is 261 g/mol. The van der Waals surface area contributed by atoms with Crippen molar-refractivity contribution in [3.05, 3.63) is 18.1 Å². The van der Waals surface area contributed by atoms with Crippen LogP contribution in [-0.2, 0) is 11.3 Å². The van der Waals surface area contributed by atoms with E-state index >= 15 is 0 Å². The first-order valence-corrected chi connectivity index (χ1v) is 6.62. The number of anilines is 1. The Bertz CT molecular complexity index is 574. The van der Waals surface area contributed by atoms with Crippen LogP contribution < -0.4 is 5.73 Å². The van der Waals surface area contributed by atoms with Gasteiger partial charge in [0.25, 0.3) is 0 Å². The van der Waals surface area contributed by atoms with Crippen LogP contribution in [-0.4, -0.2) is 52.3 Å². The molecule has 3 rings (SSSR count). The summed E-state index contributed by atoms with van der Waals surface area (Å²) in [5, 5.41) is 0.976. The summed E-state index contributed by atoms with van der Waals surface area (Å²) in [7, 11) is 0. The van der Waals surface area contributed by atoms with Gasteiger partial charge in [0.1, 0.15) is 17.8 Å². The summed E-state index contributed by atoms with van der Waals surface area (Å²) in [5.41, 5.74) is 7.98. The molecule has 0 spiro atoms. The average molecular weight is 261 g/mol. The Labute approximate surface area is 112 Å². The van der Waals surface area contributed by atoms with E-state index in [-0.39, 0.29) is 0 Å². The maximum atomic E-state index is 5.92. The largest absolute Gasteiger partial charge is 0.383 e. The van der Waals surface area contributed by atoms with Gasteiger partial charge in [-0.15, -0.1) is 0 Å². The Kier molecular flexibility index (Phi) is 3.35. The van der Waals surface area contributed by atoms with Crippen LogP contribution in [0.4, 0.5) is 5.82 Å². The molecule has 2 aromatic rings. The molecule has 0 saturated carbocycles. The highest BCUT2D eigenvalue weighted by molar-refractivity contribution is 5.89. The zero-order chi connectivity index (χ0) is 13.2. The Balaban J connectivity index is 1.79. The summed E-state index contributed by atoms with van der Waals surface area (Å²) in [6.45, 7) is 7.66. The van der Waals surface area contributed by atoms with E-state index in [9.17, 15) is 0 Å². The van der Waals surface area contributed by atoms with Gasteiger partial charge in [-0.25, -0.2) is 9.97 Å². The van der Waals surface area contributed by atoms with E-state index in [1.165, 1.54) is 6.33 Å². The van der Waals surface area contributed by atoms with Crippen molar-refractivity contribution < 1.29 is 4.74 Å². The second-order valence-electron chi connectivity index (χ2n) is 4.92. The van der Waals surface area contributed by atoms with E-state index in [0.717, 1.165) is 56.0 Å². The Morgan fingerprint density at radius 3 is 2.84 bits per heavy atom. The molecule has 102 valence electrons. The number of fused-ring (bicyclic) bond motifs is 1. The topological polar surface area (TPSA) is 69.2 Å². The second kappa shape index (κ2) is 5.14. The normalized spacial score (nSPS) is 17.1. The van der Waals surface area contributed by atoms with Gasteiger partial charge < -0.3 is 15.0 Å². The lowest BCUT2D eigenvalue weighted by Crippen LogP contribution is -2.38. The number of rotatable bonds is 3.